The van der Waals surface area contributed by atoms with E-state index in [9.17, 15) is 19.5 Å². The highest BCUT2D eigenvalue weighted by molar-refractivity contribution is 8.02. The summed E-state index contributed by atoms with van der Waals surface area (Å²) in [5, 5.41) is 16.1. The Balaban J connectivity index is 2.28. The highest BCUT2D eigenvalue weighted by Gasteiger charge is 2.23. The summed E-state index contributed by atoms with van der Waals surface area (Å²) >= 11 is 1.49. The van der Waals surface area contributed by atoms with Crippen LogP contribution in [0.15, 0.2) is 51.4 Å². The molecule has 2 aromatic carbocycles. The van der Waals surface area contributed by atoms with Gasteiger partial charge in [-0.15, -0.1) is 11.8 Å². The maximum atomic E-state index is 12.1. The molecule has 2 rings (SSSR count). The SMILES string of the molecule is C=C/C=C(/CNc1c(Nc2cccc(C(=O)N(C)C)c2O)c(=O)c1=O)SC. The zero-order valence-electron chi connectivity index (χ0n) is 15.3. The smallest absolute Gasteiger partial charge is 0.257 e. The molecule has 0 aliphatic carbocycles. The van der Waals surface area contributed by atoms with Crippen molar-refractivity contribution >= 4 is 34.7 Å². The molecule has 0 bridgehead atoms. The minimum absolute atomic E-state index is 0.0591. The molecule has 0 aromatic heterocycles. The van der Waals surface area contributed by atoms with Crippen LogP contribution in [0, 0.1) is 0 Å². The lowest BCUT2D eigenvalue weighted by molar-refractivity contribution is 0.0824. The van der Waals surface area contributed by atoms with E-state index in [1.165, 1.54) is 28.8 Å². The van der Waals surface area contributed by atoms with Crippen molar-refractivity contribution in [2.45, 2.75) is 0 Å². The molecule has 0 saturated heterocycles. The number of thioether (sulfide) groups is 1. The fraction of sp³-hybridized carbons (Fsp3) is 0.211. The summed E-state index contributed by atoms with van der Waals surface area (Å²) in [5.74, 6) is -0.662. The fourth-order valence-corrected chi connectivity index (χ4v) is 2.83. The van der Waals surface area contributed by atoms with Gasteiger partial charge in [0.25, 0.3) is 16.8 Å². The lowest BCUT2D eigenvalue weighted by Gasteiger charge is -2.18. The molecular weight excluding hydrogens is 366 g/mol. The lowest BCUT2D eigenvalue weighted by Crippen LogP contribution is -2.37. The van der Waals surface area contributed by atoms with Crippen molar-refractivity contribution < 1.29 is 9.90 Å². The van der Waals surface area contributed by atoms with E-state index in [0.717, 1.165) is 4.91 Å². The first-order chi connectivity index (χ1) is 12.8. The Morgan fingerprint density at radius 3 is 2.52 bits per heavy atom. The van der Waals surface area contributed by atoms with Crippen LogP contribution in [0.2, 0.25) is 0 Å². The van der Waals surface area contributed by atoms with E-state index < -0.39 is 10.9 Å². The number of nitrogens with zero attached hydrogens (tertiary/aromatic N) is 1. The largest absolute Gasteiger partial charge is 0.505 e. The molecule has 142 valence electrons. The van der Waals surface area contributed by atoms with Gasteiger partial charge < -0.3 is 20.6 Å². The Hall–Kier alpha value is -3.00. The molecule has 0 aliphatic heterocycles. The number of hydrogen-bond donors (Lipinski definition) is 3. The number of amides is 1. The van der Waals surface area contributed by atoms with Crippen LogP contribution in [0.25, 0.3) is 0 Å². The molecule has 27 heavy (non-hydrogen) atoms. The molecule has 8 heteroatoms. The molecule has 2 aromatic rings. The van der Waals surface area contributed by atoms with Crippen molar-refractivity contribution in [2.24, 2.45) is 0 Å². The van der Waals surface area contributed by atoms with Gasteiger partial charge in [-0.3, -0.25) is 14.4 Å². The van der Waals surface area contributed by atoms with Crippen LogP contribution in [-0.2, 0) is 0 Å². The number of anilines is 3. The average Bonchev–Trinajstić information content (AvgIpc) is 2.66. The van der Waals surface area contributed by atoms with Crippen LogP contribution in [0.5, 0.6) is 5.75 Å². The molecule has 3 N–H and O–H groups in total. The number of phenolic OH excluding ortho intramolecular Hbond substituents is 1. The Morgan fingerprint density at radius 1 is 1.26 bits per heavy atom. The number of carbonyl (C=O) groups is 1. The van der Waals surface area contributed by atoms with Crippen LogP contribution >= 0.6 is 11.8 Å². The lowest BCUT2D eigenvalue weighted by atomic mass is 10.1. The standard InChI is InChI=1S/C19H21N3O4S/c1-5-7-11(27-4)10-20-14-15(18(25)17(14)24)21-13-9-6-8-12(16(13)23)19(26)22(2)3/h5-9,20-21,23H,1,10H2,2-4H3/b11-7-. The van der Waals surface area contributed by atoms with Crippen molar-refractivity contribution in [3.05, 3.63) is 67.8 Å². The third-order valence-corrected chi connectivity index (χ3v) is 4.65. The van der Waals surface area contributed by atoms with E-state index >= 15 is 0 Å². The number of carbonyl (C=O) groups excluding carboxylic acids is 1. The number of aromatic hydroxyl groups is 1. The number of rotatable bonds is 8. The number of para-hydroxylation sites is 1. The molecule has 0 atom stereocenters. The maximum absolute atomic E-state index is 12.1. The topological polar surface area (TPSA) is 98.7 Å². The minimum atomic E-state index is -0.681. The van der Waals surface area contributed by atoms with E-state index in [4.69, 9.17) is 0 Å². The summed E-state index contributed by atoms with van der Waals surface area (Å²) in [6, 6.07) is 4.58. The first kappa shape index (κ1) is 20.3. The minimum Gasteiger partial charge on any atom is -0.505 e. The third kappa shape index (κ3) is 4.22. The molecule has 0 aliphatic rings. The second-order valence-electron chi connectivity index (χ2n) is 5.86. The zero-order chi connectivity index (χ0) is 20.1. The van der Waals surface area contributed by atoms with Crippen molar-refractivity contribution in [3.63, 3.8) is 0 Å². The van der Waals surface area contributed by atoms with E-state index in [2.05, 4.69) is 17.2 Å². The third-order valence-electron chi connectivity index (χ3n) is 3.85. The van der Waals surface area contributed by atoms with Crippen LogP contribution in [0.3, 0.4) is 0 Å². The quantitative estimate of drug-likeness (QED) is 0.363. The van der Waals surface area contributed by atoms with Gasteiger partial charge in [-0.2, -0.15) is 0 Å². The number of nitrogens with one attached hydrogen (secondary N) is 2. The molecule has 0 radical (unpaired) electrons. The van der Waals surface area contributed by atoms with Crippen LogP contribution in [0.1, 0.15) is 10.4 Å². The first-order valence-corrected chi connectivity index (χ1v) is 9.27. The number of benzene rings is 1. The van der Waals surface area contributed by atoms with Crippen molar-refractivity contribution in [1.29, 1.82) is 0 Å². The van der Waals surface area contributed by atoms with Gasteiger partial charge in [-0.25, -0.2) is 0 Å². The second kappa shape index (κ2) is 8.59. The van der Waals surface area contributed by atoms with Crippen LogP contribution in [-0.4, -0.2) is 42.8 Å². The predicted molar refractivity (Wildman–Crippen MR) is 111 cm³/mol. The molecule has 0 saturated carbocycles. The van der Waals surface area contributed by atoms with Gasteiger partial charge in [0.1, 0.15) is 11.4 Å². The summed E-state index contributed by atoms with van der Waals surface area (Å²) in [4.78, 5) is 38.2. The highest BCUT2D eigenvalue weighted by Crippen LogP contribution is 2.32. The van der Waals surface area contributed by atoms with Crippen LogP contribution in [0.4, 0.5) is 17.1 Å². The first-order valence-electron chi connectivity index (χ1n) is 8.05. The Labute approximate surface area is 161 Å². The van der Waals surface area contributed by atoms with Gasteiger partial charge >= 0.3 is 0 Å². The van der Waals surface area contributed by atoms with E-state index in [1.54, 1.807) is 32.3 Å². The van der Waals surface area contributed by atoms with Gasteiger partial charge in [-0.05, 0) is 18.4 Å². The average molecular weight is 387 g/mol. The molecule has 7 nitrogen and oxygen atoms in total. The van der Waals surface area contributed by atoms with Gasteiger partial charge in [0, 0.05) is 25.5 Å². The molecule has 0 unspecified atom stereocenters. The van der Waals surface area contributed by atoms with E-state index in [1.807, 2.05) is 6.26 Å². The zero-order valence-corrected chi connectivity index (χ0v) is 16.1. The second-order valence-corrected chi connectivity index (χ2v) is 6.79. The molecule has 0 spiro atoms. The van der Waals surface area contributed by atoms with E-state index in [-0.39, 0.29) is 34.3 Å². The van der Waals surface area contributed by atoms with Gasteiger partial charge in [0.05, 0.1) is 11.3 Å². The number of allylic oxidation sites excluding steroid dienone is 2. The summed E-state index contributed by atoms with van der Waals surface area (Å²) in [7, 11) is 3.14. The Bertz CT molecular complexity index is 972. The summed E-state index contributed by atoms with van der Waals surface area (Å²) in [6.45, 7) is 3.99. The molecule has 1 amide bonds. The molecule has 0 heterocycles. The van der Waals surface area contributed by atoms with Crippen molar-refractivity contribution in [3.8, 4) is 5.75 Å². The van der Waals surface area contributed by atoms with E-state index in [0.29, 0.717) is 6.54 Å². The highest BCUT2D eigenvalue weighted by atomic mass is 32.2. The number of phenols is 1. The monoisotopic (exact) mass is 387 g/mol. The molecular formula is C19H21N3O4S. The summed E-state index contributed by atoms with van der Waals surface area (Å²) in [5.41, 5.74) is -0.839. The van der Waals surface area contributed by atoms with Crippen LogP contribution < -0.4 is 21.5 Å². The molecule has 0 fully saturated rings. The normalized spacial score (nSPS) is 11.3. The number of hydrogen-bond acceptors (Lipinski definition) is 7. The fourth-order valence-electron chi connectivity index (χ4n) is 2.38. The predicted octanol–water partition coefficient (Wildman–Crippen LogP) is 2.28. The van der Waals surface area contributed by atoms with Gasteiger partial charge in [0.2, 0.25) is 0 Å². The van der Waals surface area contributed by atoms with Crippen molar-refractivity contribution in [2.75, 3.05) is 37.5 Å². The Morgan fingerprint density at radius 2 is 1.93 bits per heavy atom. The summed E-state index contributed by atoms with van der Waals surface area (Å²) in [6.07, 6.45) is 5.34. The van der Waals surface area contributed by atoms with Gasteiger partial charge in [-0.1, -0.05) is 24.8 Å². The van der Waals surface area contributed by atoms with Gasteiger partial charge in [0.15, 0.2) is 5.75 Å². The summed E-state index contributed by atoms with van der Waals surface area (Å²) < 4.78 is 0. The van der Waals surface area contributed by atoms with Crippen molar-refractivity contribution in [1.82, 2.24) is 4.90 Å². The Kier molecular flexibility index (Phi) is 6.46. The maximum Gasteiger partial charge on any atom is 0.257 e.